The van der Waals surface area contributed by atoms with E-state index in [1.165, 1.54) is 44.3 Å². The maximum Gasteiger partial charge on any atom is 0.195 e. The first-order valence-corrected chi connectivity index (χ1v) is 7.30. The molecule has 0 spiro atoms. The summed E-state index contributed by atoms with van der Waals surface area (Å²) in [5.41, 5.74) is 0. The number of nitrogens with one attached hydrogen (secondary N) is 1. The molecule has 1 aromatic heterocycles. The lowest BCUT2D eigenvalue weighted by atomic mass is 9.83. The molecule has 0 saturated heterocycles. The summed E-state index contributed by atoms with van der Waals surface area (Å²) >= 11 is 5.36. The second kappa shape index (κ2) is 4.56. The molecular weight excluding hydrogens is 230 g/mol. The lowest BCUT2D eigenvalue weighted by Gasteiger charge is -2.26. The molecule has 0 amide bonds. The molecule has 1 aromatic rings. The normalized spacial score (nSPS) is 29.5. The first-order chi connectivity index (χ1) is 8.24. The van der Waals surface area contributed by atoms with Crippen LogP contribution in [0, 0.1) is 16.6 Å². The summed E-state index contributed by atoms with van der Waals surface area (Å²) in [7, 11) is 0. The maximum absolute atomic E-state index is 5.36. The minimum atomic E-state index is 0.686. The van der Waals surface area contributed by atoms with Crippen molar-refractivity contribution in [2.24, 2.45) is 11.8 Å². The van der Waals surface area contributed by atoms with Gasteiger partial charge in [-0.1, -0.05) is 19.8 Å². The van der Waals surface area contributed by atoms with Crippen molar-refractivity contribution in [3.63, 3.8) is 0 Å². The van der Waals surface area contributed by atoms with Crippen molar-refractivity contribution in [2.75, 3.05) is 0 Å². The summed E-state index contributed by atoms with van der Waals surface area (Å²) in [5.74, 6) is 3.64. The molecule has 0 bridgehead atoms. The zero-order valence-corrected chi connectivity index (χ0v) is 11.3. The van der Waals surface area contributed by atoms with Gasteiger partial charge in [0.2, 0.25) is 0 Å². The van der Waals surface area contributed by atoms with Gasteiger partial charge in [0.05, 0.1) is 0 Å². The predicted molar refractivity (Wildman–Crippen MR) is 70.5 cm³/mol. The fourth-order valence-corrected chi connectivity index (χ4v) is 3.14. The van der Waals surface area contributed by atoms with Crippen LogP contribution in [0.25, 0.3) is 0 Å². The average Bonchev–Trinajstić information content (AvgIpc) is 3.10. The summed E-state index contributed by atoms with van der Waals surface area (Å²) in [6.45, 7) is 3.46. The van der Waals surface area contributed by atoms with Gasteiger partial charge in [-0.15, -0.1) is 0 Å². The van der Waals surface area contributed by atoms with Crippen molar-refractivity contribution in [3.05, 3.63) is 10.6 Å². The van der Waals surface area contributed by atoms with Gasteiger partial charge in [0.1, 0.15) is 5.82 Å². The van der Waals surface area contributed by atoms with Crippen molar-refractivity contribution < 1.29 is 0 Å². The number of aromatic nitrogens is 3. The van der Waals surface area contributed by atoms with Gasteiger partial charge in [-0.3, -0.25) is 5.10 Å². The first-order valence-electron chi connectivity index (χ1n) is 6.89. The van der Waals surface area contributed by atoms with Crippen LogP contribution in [0.15, 0.2) is 0 Å². The minimum absolute atomic E-state index is 0.686. The average molecular weight is 251 g/mol. The molecule has 3 rings (SSSR count). The van der Waals surface area contributed by atoms with Gasteiger partial charge in [-0.05, 0) is 49.7 Å². The highest BCUT2D eigenvalue weighted by molar-refractivity contribution is 7.71. The monoisotopic (exact) mass is 251 g/mol. The standard InChI is InChI=1S/C13H21N3S/c1-9-2-4-10(5-3-9)8-16-12(11-6-7-11)14-15-13(16)17/h9-11H,2-8H2,1H3,(H,15,17). The van der Waals surface area contributed by atoms with E-state index in [2.05, 4.69) is 21.7 Å². The van der Waals surface area contributed by atoms with Gasteiger partial charge in [0.25, 0.3) is 0 Å². The Hall–Kier alpha value is -0.640. The number of hydrogen-bond acceptors (Lipinski definition) is 2. The lowest BCUT2D eigenvalue weighted by molar-refractivity contribution is 0.262. The summed E-state index contributed by atoms with van der Waals surface area (Å²) in [6, 6.07) is 0. The van der Waals surface area contributed by atoms with E-state index in [1.807, 2.05) is 0 Å². The van der Waals surface area contributed by atoms with Crippen LogP contribution in [-0.2, 0) is 6.54 Å². The molecule has 2 saturated carbocycles. The lowest BCUT2D eigenvalue weighted by Crippen LogP contribution is -2.19. The fraction of sp³-hybridized carbons (Fsp3) is 0.846. The number of aromatic amines is 1. The van der Waals surface area contributed by atoms with Crippen LogP contribution in [0.5, 0.6) is 0 Å². The molecule has 1 N–H and O–H groups in total. The Bertz CT molecular complexity index is 436. The van der Waals surface area contributed by atoms with Crippen molar-refractivity contribution in [2.45, 2.75) is 57.9 Å². The Kier molecular flexibility index (Phi) is 3.07. The van der Waals surface area contributed by atoms with Crippen molar-refractivity contribution in [3.8, 4) is 0 Å². The first kappa shape index (κ1) is 11.5. The van der Waals surface area contributed by atoms with Crippen LogP contribution in [0.4, 0.5) is 0 Å². The second-order valence-corrected chi connectivity index (χ2v) is 6.28. The highest BCUT2D eigenvalue weighted by Crippen LogP contribution is 2.39. The van der Waals surface area contributed by atoms with Gasteiger partial charge in [-0.2, -0.15) is 5.10 Å². The van der Waals surface area contributed by atoms with Gasteiger partial charge in [-0.25, -0.2) is 0 Å². The van der Waals surface area contributed by atoms with E-state index in [9.17, 15) is 0 Å². The Balaban J connectivity index is 1.71. The molecule has 0 unspecified atom stereocenters. The number of hydrogen-bond donors (Lipinski definition) is 1. The van der Waals surface area contributed by atoms with E-state index in [0.717, 1.165) is 23.2 Å². The highest BCUT2D eigenvalue weighted by atomic mass is 32.1. The van der Waals surface area contributed by atoms with E-state index in [-0.39, 0.29) is 0 Å². The molecule has 94 valence electrons. The molecule has 2 fully saturated rings. The van der Waals surface area contributed by atoms with Crippen LogP contribution in [0.2, 0.25) is 0 Å². The van der Waals surface area contributed by atoms with Crippen LogP contribution in [0.3, 0.4) is 0 Å². The van der Waals surface area contributed by atoms with Gasteiger partial charge in [0.15, 0.2) is 4.77 Å². The molecule has 2 aliphatic carbocycles. The summed E-state index contributed by atoms with van der Waals surface area (Å²) in [4.78, 5) is 0. The van der Waals surface area contributed by atoms with Crippen molar-refractivity contribution in [1.82, 2.24) is 14.8 Å². The van der Waals surface area contributed by atoms with Gasteiger partial charge < -0.3 is 4.57 Å². The Morgan fingerprint density at radius 1 is 1.24 bits per heavy atom. The molecule has 2 aliphatic rings. The smallest absolute Gasteiger partial charge is 0.195 e. The molecule has 0 atom stereocenters. The molecular formula is C13H21N3S. The van der Waals surface area contributed by atoms with Gasteiger partial charge in [0, 0.05) is 12.5 Å². The summed E-state index contributed by atoms with van der Waals surface area (Å²) in [5, 5.41) is 7.38. The van der Waals surface area contributed by atoms with Crippen molar-refractivity contribution in [1.29, 1.82) is 0 Å². The van der Waals surface area contributed by atoms with Crippen LogP contribution < -0.4 is 0 Å². The topological polar surface area (TPSA) is 33.6 Å². The maximum atomic E-state index is 5.36. The van der Waals surface area contributed by atoms with E-state index in [1.54, 1.807) is 0 Å². The molecule has 0 aliphatic heterocycles. The Morgan fingerprint density at radius 2 is 1.94 bits per heavy atom. The third kappa shape index (κ3) is 2.46. The molecule has 0 aromatic carbocycles. The molecule has 17 heavy (non-hydrogen) atoms. The predicted octanol–water partition coefficient (Wildman–Crippen LogP) is 3.64. The zero-order valence-electron chi connectivity index (χ0n) is 10.5. The van der Waals surface area contributed by atoms with E-state index < -0.39 is 0 Å². The van der Waals surface area contributed by atoms with Crippen LogP contribution in [-0.4, -0.2) is 14.8 Å². The van der Waals surface area contributed by atoms with Gasteiger partial charge >= 0.3 is 0 Å². The number of rotatable bonds is 3. The SMILES string of the molecule is CC1CCC(Cn2c(C3CC3)n[nH]c2=S)CC1. The van der Waals surface area contributed by atoms with E-state index >= 15 is 0 Å². The number of H-pyrrole nitrogens is 1. The highest BCUT2D eigenvalue weighted by Gasteiger charge is 2.30. The largest absolute Gasteiger partial charge is 0.304 e. The number of nitrogens with zero attached hydrogens (tertiary/aromatic N) is 2. The fourth-order valence-electron chi connectivity index (χ4n) is 2.93. The quantitative estimate of drug-likeness (QED) is 0.832. The molecule has 4 heteroatoms. The summed E-state index contributed by atoms with van der Waals surface area (Å²) in [6.07, 6.45) is 8.07. The Labute approximate surface area is 108 Å². The molecule has 1 heterocycles. The molecule has 3 nitrogen and oxygen atoms in total. The molecule has 0 radical (unpaired) electrons. The summed E-state index contributed by atoms with van der Waals surface area (Å²) < 4.78 is 3.10. The third-order valence-electron chi connectivity index (χ3n) is 4.31. The van der Waals surface area contributed by atoms with Crippen LogP contribution in [0.1, 0.15) is 57.2 Å². The van der Waals surface area contributed by atoms with Crippen LogP contribution >= 0.6 is 12.2 Å². The van der Waals surface area contributed by atoms with Crippen molar-refractivity contribution >= 4 is 12.2 Å². The second-order valence-electron chi connectivity index (χ2n) is 5.90. The zero-order chi connectivity index (χ0) is 11.8. The third-order valence-corrected chi connectivity index (χ3v) is 4.62. The van der Waals surface area contributed by atoms with E-state index in [0.29, 0.717) is 5.92 Å². The minimum Gasteiger partial charge on any atom is -0.304 e. The Morgan fingerprint density at radius 3 is 2.59 bits per heavy atom. The van der Waals surface area contributed by atoms with E-state index in [4.69, 9.17) is 12.2 Å².